The fourth-order valence-corrected chi connectivity index (χ4v) is 4.63. The Balaban J connectivity index is 2.04. The summed E-state index contributed by atoms with van der Waals surface area (Å²) in [5, 5.41) is 0. The smallest absolute Gasteiger partial charge is 0.410 e. The molecule has 0 aliphatic carbocycles. The Morgan fingerprint density at radius 3 is 2.29 bits per heavy atom. The summed E-state index contributed by atoms with van der Waals surface area (Å²) >= 11 is 0. The van der Waals surface area contributed by atoms with Crippen molar-refractivity contribution < 1.29 is 9.53 Å². The van der Waals surface area contributed by atoms with E-state index < -0.39 is 5.60 Å². The molecule has 3 unspecified atom stereocenters. The molecule has 0 aromatic rings. The Kier molecular flexibility index (Phi) is 6.22. The summed E-state index contributed by atoms with van der Waals surface area (Å²) < 4.78 is 5.59. The molecule has 4 heteroatoms. The van der Waals surface area contributed by atoms with E-state index in [4.69, 9.17) is 4.74 Å². The van der Waals surface area contributed by atoms with E-state index in [0.717, 1.165) is 37.8 Å². The van der Waals surface area contributed by atoms with Crippen LogP contribution in [0.2, 0.25) is 0 Å². The molecule has 0 aromatic heterocycles. The third-order valence-electron chi connectivity index (χ3n) is 5.77. The average Bonchev–Trinajstić information content (AvgIpc) is 2.68. The van der Waals surface area contributed by atoms with E-state index >= 15 is 0 Å². The molecule has 0 N–H and O–H groups in total. The van der Waals surface area contributed by atoms with Crippen molar-refractivity contribution in [3.8, 4) is 0 Å². The van der Waals surface area contributed by atoms with Crippen LogP contribution >= 0.6 is 0 Å². The summed E-state index contributed by atoms with van der Waals surface area (Å²) in [4.78, 5) is 17.1. The van der Waals surface area contributed by atoms with Crippen molar-refractivity contribution in [2.45, 2.75) is 84.8 Å². The molecule has 2 rings (SSSR count). The second-order valence-electron chi connectivity index (χ2n) is 9.25. The molecule has 2 heterocycles. The van der Waals surface area contributed by atoms with Gasteiger partial charge in [-0.05, 0) is 64.7 Å². The molecule has 0 saturated carbocycles. The molecule has 2 aliphatic rings. The van der Waals surface area contributed by atoms with Gasteiger partial charge in [0.15, 0.2) is 0 Å². The van der Waals surface area contributed by atoms with Gasteiger partial charge in [-0.3, -0.25) is 4.90 Å². The minimum absolute atomic E-state index is 0.144. The van der Waals surface area contributed by atoms with Crippen LogP contribution in [-0.2, 0) is 4.74 Å². The Labute approximate surface area is 148 Å². The first-order valence-electron chi connectivity index (χ1n) is 9.88. The van der Waals surface area contributed by atoms with E-state index in [-0.39, 0.29) is 11.6 Å². The van der Waals surface area contributed by atoms with Crippen molar-refractivity contribution in [2.24, 2.45) is 11.8 Å². The largest absolute Gasteiger partial charge is 0.444 e. The van der Waals surface area contributed by atoms with Gasteiger partial charge in [0, 0.05) is 31.7 Å². The summed E-state index contributed by atoms with van der Waals surface area (Å²) in [6.45, 7) is 17.0. The molecule has 4 nitrogen and oxygen atoms in total. The molecule has 2 aliphatic heterocycles. The molecular weight excluding hydrogens is 300 g/mol. The van der Waals surface area contributed by atoms with E-state index in [1.165, 1.54) is 32.4 Å². The zero-order valence-corrected chi connectivity index (χ0v) is 16.7. The number of piperidine rings is 1. The molecule has 0 spiro atoms. The van der Waals surface area contributed by atoms with Crippen LogP contribution in [-0.4, -0.2) is 53.2 Å². The molecule has 0 bridgehead atoms. The third-order valence-corrected chi connectivity index (χ3v) is 5.77. The Morgan fingerprint density at radius 2 is 1.75 bits per heavy atom. The lowest BCUT2D eigenvalue weighted by Crippen LogP contribution is -2.54. The van der Waals surface area contributed by atoms with Gasteiger partial charge in [0.2, 0.25) is 0 Å². The summed E-state index contributed by atoms with van der Waals surface area (Å²) in [5.74, 6) is 1.56. The topological polar surface area (TPSA) is 32.8 Å². The van der Waals surface area contributed by atoms with Gasteiger partial charge in [0.25, 0.3) is 0 Å². The van der Waals surface area contributed by atoms with Crippen LogP contribution in [0.15, 0.2) is 0 Å². The standard InChI is InChI=1S/C20H38N2O2/c1-7-20(22-14-16(2)13-17(3)15-22)9-8-11-21(12-10-20)18(23)24-19(4,5)6/h16-17H,7-15H2,1-6H3. The normalized spacial score (nSPS) is 33.2. The Hall–Kier alpha value is -0.770. The quantitative estimate of drug-likeness (QED) is 0.741. The molecular formula is C20H38N2O2. The second-order valence-corrected chi connectivity index (χ2v) is 9.25. The number of rotatable bonds is 2. The molecule has 2 saturated heterocycles. The van der Waals surface area contributed by atoms with Crippen LogP contribution in [0.1, 0.15) is 73.6 Å². The maximum atomic E-state index is 12.4. The summed E-state index contributed by atoms with van der Waals surface area (Å²) in [6.07, 6.45) is 5.72. The van der Waals surface area contributed by atoms with Gasteiger partial charge < -0.3 is 9.64 Å². The van der Waals surface area contributed by atoms with Crippen molar-refractivity contribution in [1.82, 2.24) is 9.80 Å². The average molecular weight is 339 g/mol. The number of amides is 1. The number of carbonyl (C=O) groups is 1. The highest BCUT2D eigenvalue weighted by atomic mass is 16.6. The monoisotopic (exact) mass is 338 g/mol. The van der Waals surface area contributed by atoms with Gasteiger partial charge in [-0.15, -0.1) is 0 Å². The first-order valence-corrected chi connectivity index (χ1v) is 9.88. The van der Waals surface area contributed by atoms with Crippen LogP contribution in [0.4, 0.5) is 4.79 Å². The maximum absolute atomic E-state index is 12.4. The van der Waals surface area contributed by atoms with Gasteiger partial charge in [0.1, 0.15) is 5.60 Å². The molecule has 1 amide bonds. The van der Waals surface area contributed by atoms with E-state index in [0.29, 0.717) is 0 Å². The van der Waals surface area contributed by atoms with Crippen LogP contribution in [0.5, 0.6) is 0 Å². The van der Waals surface area contributed by atoms with Crippen LogP contribution in [0, 0.1) is 11.8 Å². The number of carbonyl (C=O) groups excluding carboxylic acids is 1. The number of hydrogen-bond donors (Lipinski definition) is 0. The van der Waals surface area contributed by atoms with E-state index in [9.17, 15) is 4.79 Å². The highest BCUT2D eigenvalue weighted by molar-refractivity contribution is 5.68. The second kappa shape index (κ2) is 7.63. The zero-order chi connectivity index (χ0) is 18.0. The molecule has 2 fully saturated rings. The SMILES string of the molecule is CCC1(N2CC(C)CC(C)C2)CCCN(C(=O)OC(C)(C)C)CC1. The van der Waals surface area contributed by atoms with Crippen molar-refractivity contribution in [3.63, 3.8) is 0 Å². The maximum Gasteiger partial charge on any atom is 0.410 e. The van der Waals surface area contributed by atoms with Crippen molar-refractivity contribution in [2.75, 3.05) is 26.2 Å². The van der Waals surface area contributed by atoms with Crippen molar-refractivity contribution in [3.05, 3.63) is 0 Å². The predicted molar refractivity (Wildman–Crippen MR) is 99.2 cm³/mol. The van der Waals surface area contributed by atoms with Gasteiger partial charge in [-0.1, -0.05) is 20.8 Å². The lowest BCUT2D eigenvalue weighted by Gasteiger charge is -2.48. The number of nitrogens with zero attached hydrogens (tertiary/aromatic N) is 2. The van der Waals surface area contributed by atoms with Crippen LogP contribution < -0.4 is 0 Å². The highest BCUT2D eigenvalue weighted by Crippen LogP contribution is 2.36. The van der Waals surface area contributed by atoms with Gasteiger partial charge in [0.05, 0.1) is 0 Å². The van der Waals surface area contributed by atoms with Crippen molar-refractivity contribution in [1.29, 1.82) is 0 Å². The molecule has 0 radical (unpaired) electrons. The summed E-state index contributed by atoms with van der Waals surface area (Å²) in [7, 11) is 0. The molecule has 24 heavy (non-hydrogen) atoms. The first-order chi connectivity index (χ1) is 11.1. The fraction of sp³-hybridized carbons (Fsp3) is 0.950. The lowest BCUT2D eigenvalue weighted by atomic mass is 9.81. The van der Waals surface area contributed by atoms with Crippen LogP contribution in [0.25, 0.3) is 0 Å². The third kappa shape index (κ3) is 4.87. The van der Waals surface area contributed by atoms with E-state index in [1.54, 1.807) is 0 Å². The minimum Gasteiger partial charge on any atom is -0.444 e. The summed E-state index contributed by atoms with van der Waals surface area (Å²) in [6, 6.07) is 0. The van der Waals surface area contributed by atoms with Crippen molar-refractivity contribution >= 4 is 6.09 Å². The number of ether oxygens (including phenoxy) is 1. The predicted octanol–water partition coefficient (Wildman–Crippen LogP) is 4.53. The lowest BCUT2D eigenvalue weighted by molar-refractivity contribution is 0.00703. The van der Waals surface area contributed by atoms with Crippen LogP contribution in [0.3, 0.4) is 0 Å². The fourth-order valence-electron chi connectivity index (χ4n) is 4.63. The number of hydrogen-bond acceptors (Lipinski definition) is 3. The van der Waals surface area contributed by atoms with Gasteiger partial charge in [-0.2, -0.15) is 0 Å². The Morgan fingerprint density at radius 1 is 1.12 bits per heavy atom. The Bertz CT molecular complexity index is 422. The van der Waals surface area contributed by atoms with E-state index in [1.807, 2.05) is 25.7 Å². The minimum atomic E-state index is -0.414. The first kappa shape index (κ1) is 19.6. The van der Waals surface area contributed by atoms with E-state index in [2.05, 4.69) is 25.7 Å². The number of likely N-dealkylation sites (tertiary alicyclic amines) is 2. The summed E-state index contributed by atoms with van der Waals surface area (Å²) in [5.41, 5.74) is -0.150. The van der Waals surface area contributed by atoms with Gasteiger partial charge in [-0.25, -0.2) is 4.79 Å². The molecule has 140 valence electrons. The zero-order valence-electron chi connectivity index (χ0n) is 16.7. The molecule has 3 atom stereocenters. The van der Waals surface area contributed by atoms with Gasteiger partial charge >= 0.3 is 6.09 Å². The molecule has 0 aromatic carbocycles. The highest BCUT2D eigenvalue weighted by Gasteiger charge is 2.40.